The maximum atomic E-state index is 12.8. The lowest BCUT2D eigenvalue weighted by Crippen LogP contribution is -2.60. The van der Waals surface area contributed by atoms with Crippen molar-refractivity contribution < 1.29 is 39.8 Å². The van der Waals surface area contributed by atoms with Gasteiger partial charge in [0, 0.05) is 6.42 Å². The van der Waals surface area contributed by atoms with Crippen molar-refractivity contribution in [2.45, 2.75) is 236 Å². The van der Waals surface area contributed by atoms with Crippen LogP contribution < -0.4 is 5.32 Å². The zero-order chi connectivity index (χ0) is 36.0. The summed E-state index contributed by atoms with van der Waals surface area (Å²) in [5, 5.41) is 54.0. The number of amides is 1. The van der Waals surface area contributed by atoms with E-state index in [4.69, 9.17) is 9.47 Å². The molecule has 1 saturated heterocycles. The molecule has 0 aromatic rings. The Balaban J connectivity index is 2.28. The maximum Gasteiger partial charge on any atom is 0.220 e. The Kier molecular flexibility index (Phi) is 30.1. The van der Waals surface area contributed by atoms with Gasteiger partial charge in [-0.2, -0.15) is 0 Å². The summed E-state index contributed by atoms with van der Waals surface area (Å²) in [6, 6.07) is -0.708. The number of carbonyl (C=O) groups excluding carboxylic acids is 1. The molecule has 292 valence electrons. The zero-order valence-electron chi connectivity index (χ0n) is 31.7. The zero-order valence-corrected chi connectivity index (χ0v) is 31.7. The molecule has 1 aliphatic heterocycles. The molecule has 9 heteroatoms. The molecule has 0 bridgehead atoms. The Labute approximate surface area is 300 Å². The second-order valence-electron chi connectivity index (χ2n) is 14.8. The molecule has 7 unspecified atom stereocenters. The lowest BCUT2D eigenvalue weighted by molar-refractivity contribution is -0.302. The highest BCUT2D eigenvalue weighted by Crippen LogP contribution is 2.23. The third-order valence-corrected chi connectivity index (χ3v) is 10.2. The van der Waals surface area contributed by atoms with Gasteiger partial charge in [0.2, 0.25) is 5.91 Å². The first kappa shape index (κ1) is 46.2. The molecule has 1 aliphatic rings. The molecule has 0 saturated carbocycles. The van der Waals surface area contributed by atoms with Crippen LogP contribution in [0, 0.1) is 0 Å². The number of hydrogen-bond acceptors (Lipinski definition) is 8. The first-order valence-corrected chi connectivity index (χ1v) is 20.7. The van der Waals surface area contributed by atoms with Crippen LogP contribution in [0.2, 0.25) is 0 Å². The van der Waals surface area contributed by atoms with E-state index in [-0.39, 0.29) is 12.5 Å². The molecule has 0 aromatic heterocycles. The molecular formula is C40H79NO8. The Morgan fingerprint density at radius 3 is 1.45 bits per heavy atom. The van der Waals surface area contributed by atoms with E-state index in [1.165, 1.54) is 128 Å². The summed E-state index contributed by atoms with van der Waals surface area (Å²) >= 11 is 0. The molecule has 0 spiro atoms. The monoisotopic (exact) mass is 702 g/mol. The van der Waals surface area contributed by atoms with Gasteiger partial charge in [-0.05, 0) is 12.8 Å². The highest BCUT2D eigenvalue weighted by atomic mass is 16.7. The lowest BCUT2D eigenvalue weighted by atomic mass is 9.99. The van der Waals surface area contributed by atoms with Gasteiger partial charge in [-0.1, -0.05) is 174 Å². The van der Waals surface area contributed by atoms with Crippen LogP contribution in [0.4, 0.5) is 0 Å². The van der Waals surface area contributed by atoms with Gasteiger partial charge in [-0.15, -0.1) is 0 Å². The third kappa shape index (κ3) is 23.4. The fourth-order valence-corrected chi connectivity index (χ4v) is 6.81. The second-order valence-corrected chi connectivity index (χ2v) is 14.8. The van der Waals surface area contributed by atoms with Crippen LogP contribution in [0.15, 0.2) is 0 Å². The van der Waals surface area contributed by atoms with Crippen molar-refractivity contribution in [2.24, 2.45) is 0 Å². The van der Waals surface area contributed by atoms with Gasteiger partial charge in [0.25, 0.3) is 0 Å². The summed E-state index contributed by atoms with van der Waals surface area (Å²) < 4.78 is 11.2. The van der Waals surface area contributed by atoms with Crippen LogP contribution in [0.3, 0.4) is 0 Å². The lowest BCUT2D eigenvalue weighted by Gasteiger charge is -2.40. The topological polar surface area (TPSA) is 149 Å². The van der Waals surface area contributed by atoms with Crippen molar-refractivity contribution in [2.75, 3.05) is 13.2 Å². The molecule has 0 radical (unpaired) electrons. The number of unbranched alkanes of at least 4 members (excludes halogenated alkanes) is 24. The first-order chi connectivity index (χ1) is 23.8. The van der Waals surface area contributed by atoms with Crippen molar-refractivity contribution in [3.63, 3.8) is 0 Å². The SMILES string of the molecule is CCCCCCCCCCCCCCCCCCCCCC(O)C(COC1OC(CO)C(O)C(O)C1O)NC(=O)CCCCCCCCC. The van der Waals surface area contributed by atoms with Crippen molar-refractivity contribution in [1.29, 1.82) is 0 Å². The number of aliphatic hydroxyl groups excluding tert-OH is 5. The molecule has 49 heavy (non-hydrogen) atoms. The molecular weight excluding hydrogens is 622 g/mol. The van der Waals surface area contributed by atoms with Crippen molar-refractivity contribution in [3.8, 4) is 0 Å². The van der Waals surface area contributed by atoms with Gasteiger partial charge in [0.05, 0.1) is 25.4 Å². The number of ether oxygens (including phenoxy) is 2. The van der Waals surface area contributed by atoms with Crippen LogP contribution in [0.5, 0.6) is 0 Å². The van der Waals surface area contributed by atoms with E-state index in [1.807, 2.05) is 0 Å². The molecule has 7 atom stereocenters. The number of aliphatic hydroxyl groups is 5. The van der Waals surface area contributed by atoms with Crippen LogP contribution in [-0.4, -0.2) is 87.5 Å². The van der Waals surface area contributed by atoms with E-state index < -0.39 is 49.5 Å². The Hall–Kier alpha value is -0.810. The summed E-state index contributed by atoms with van der Waals surface area (Å²) in [5.74, 6) is -0.150. The predicted octanol–water partition coefficient (Wildman–Crippen LogP) is 7.61. The number of hydrogen-bond donors (Lipinski definition) is 6. The highest BCUT2D eigenvalue weighted by molar-refractivity contribution is 5.76. The summed E-state index contributed by atoms with van der Waals surface area (Å²) in [4.78, 5) is 12.8. The highest BCUT2D eigenvalue weighted by Gasteiger charge is 2.44. The minimum atomic E-state index is -1.55. The van der Waals surface area contributed by atoms with Crippen LogP contribution in [-0.2, 0) is 14.3 Å². The average Bonchev–Trinajstić information content (AvgIpc) is 3.10. The molecule has 6 N–H and O–H groups in total. The van der Waals surface area contributed by atoms with Gasteiger partial charge in [-0.25, -0.2) is 0 Å². The summed E-state index contributed by atoms with van der Waals surface area (Å²) in [7, 11) is 0. The standard InChI is InChI=1S/C40H79NO8/c1-3-5-7-9-11-12-13-14-15-16-17-18-19-20-21-22-24-25-27-29-34(43)33(41-36(44)30-28-26-23-10-8-6-4-2)32-48-40-39(47)38(46)37(45)35(31-42)49-40/h33-35,37-40,42-43,45-47H,3-32H2,1-2H3,(H,41,44). The van der Waals surface area contributed by atoms with Gasteiger partial charge in [0.15, 0.2) is 6.29 Å². The summed E-state index contributed by atoms with van der Waals surface area (Å²) in [5.41, 5.74) is 0. The normalized spacial score (nSPS) is 22.3. The van der Waals surface area contributed by atoms with E-state index >= 15 is 0 Å². The molecule has 0 aliphatic carbocycles. The Morgan fingerprint density at radius 2 is 1.02 bits per heavy atom. The Bertz CT molecular complexity index is 741. The molecule has 1 rings (SSSR count). The molecule has 9 nitrogen and oxygen atoms in total. The summed E-state index contributed by atoms with van der Waals surface area (Å²) in [6.07, 6.45) is 25.6. The minimum absolute atomic E-state index is 0.133. The van der Waals surface area contributed by atoms with Gasteiger partial charge in [-0.3, -0.25) is 4.79 Å². The molecule has 1 amide bonds. The summed E-state index contributed by atoms with van der Waals surface area (Å²) in [6.45, 7) is 3.78. The predicted molar refractivity (Wildman–Crippen MR) is 198 cm³/mol. The molecule has 0 aromatic carbocycles. The fourth-order valence-electron chi connectivity index (χ4n) is 6.81. The van der Waals surface area contributed by atoms with Crippen molar-refractivity contribution in [3.05, 3.63) is 0 Å². The second kappa shape index (κ2) is 31.9. The fraction of sp³-hybridized carbons (Fsp3) is 0.975. The van der Waals surface area contributed by atoms with Crippen molar-refractivity contribution >= 4 is 5.91 Å². The van der Waals surface area contributed by atoms with E-state index in [9.17, 15) is 30.3 Å². The van der Waals surface area contributed by atoms with Gasteiger partial charge in [0.1, 0.15) is 24.4 Å². The third-order valence-electron chi connectivity index (χ3n) is 10.2. The van der Waals surface area contributed by atoms with E-state index in [2.05, 4.69) is 19.2 Å². The first-order valence-electron chi connectivity index (χ1n) is 20.7. The quantitative estimate of drug-likeness (QED) is 0.0376. The van der Waals surface area contributed by atoms with E-state index in [1.54, 1.807) is 0 Å². The smallest absolute Gasteiger partial charge is 0.220 e. The van der Waals surface area contributed by atoms with Crippen LogP contribution in [0.25, 0.3) is 0 Å². The molecule has 1 fully saturated rings. The van der Waals surface area contributed by atoms with Gasteiger partial charge < -0.3 is 40.3 Å². The van der Waals surface area contributed by atoms with Crippen LogP contribution >= 0.6 is 0 Å². The maximum absolute atomic E-state index is 12.8. The number of rotatable bonds is 34. The van der Waals surface area contributed by atoms with Crippen molar-refractivity contribution in [1.82, 2.24) is 5.32 Å². The average molecular weight is 702 g/mol. The number of carbonyl (C=O) groups is 1. The number of nitrogens with one attached hydrogen (secondary N) is 1. The van der Waals surface area contributed by atoms with E-state index in [0.29, 0.717) is 12.8 Å². The Morgan fingerprint density at radius 1 is 0.612 bits per heavy atom. The van der Waals surface area contributed by atoms with E-state index in [0.717, 1.165) is 38.5 Å². The van der Waals surface area contributed by atoms with Gasteiger partial charge >= 0.3 is 0 Å². The van der Waals surface area contributed by atoms with Crippen LogP contribution in [0.1, 0.15) is 194 Å². The largest absolute Gasteiger partial charge is 0.394 e. The molecule has 1 heterocycles. The minimum Gasteiger partial charge on any atom is -0.394 e.